The zero-order chi connectivity index (χ0) is 68.2. The van der Waals surface area contributed by atoms with Crippen molar-refractivity contribution >= 4 is 70.5 Å². The number of fused-ring (bicyclic) bond motifs is 4. The summed E-state index contributed by atoms with van der Waals surface area (Å²) in [6.07, 6.45) is 4.27. The Morgan fingerprint density at radius 3 is 2.09 bits per heavy atom. The van der Waals surface area contributed by atoms with Gasteiger partial charge in [0.05, 0.1) is 14.2 Å². The van der Waals surface area contributed by atoms with Crippen LogP contribution in [0, 0.1) is 11.3 Å². The third-order valence-electron chi connectivity index (χ3n) is 17.3. The van der Waals surface area contributed by atoms with E-state index >= 15 is 4.79 Å². The molecule has 7 amide bonds. The van der Waals surface area contributed by atoms with Crippen LogP contribution in [0.15, 0.2) is 109 Å². The molecule has 0 unspecified atom stereocenters. The number of esters is 1. The number of aryl methyl sites for hydroxylation is 1. The van der Waals surface area contributed by atoms with Gasteiger partial charge in [-0.05, 0) is 135 Å². The van der Waals surface area contributed by atoms with Crippen LogP contribution in [0.4, 0.5) is 5.69 Å². The lowest BCUT2D eigenvalue weighted by Crippen LogP contribution is -2.58. The van der Waals surface area contributed by atoms with Crippen molar-refractivity contribution in [2.75, 3.05) is 59.9 Å². The van der Waals surface area contributed by atoms with Crippen LogP contribution in [0.1, 0.15) is 139 Å². The molecule has 504 valence electrons. The second kappa shape index (κ2) is 34.0. The Hall–Kier alpha value is -9.41. The van der Waals surface area contributed by atoms with E-state index in [9.17, 15) is 53.1 Å². The van der Waals surface area contributed by atoms with Gasteiger partial charge in [0.2, 0.25) is 41.2 Å². The van der Waals surface area contributed by atoms with E-state index in [0.717, 1.165) is 5.56 Å². The van der Waals surface area contributed by atoms with Crippen LogP contribution in [-0.4, -0.2) is 168 Å². The van der Waals surface area contributed by atoms with Crippen LogP contribution in [-0.2, 0) is 70.3 Å². The smallest absolute Gasteiger partial charge is 0.341 e. The maximum absolute atomic E-state index is 15.2. The fourth-order valence-corrected chi connectivity index (χ4v) is 11.9. The van der Waals surface area contributed by atoms with Gasteiger partial charge in [-0.2, -0.15) is 0 Å². The average molecular weight is 1300 g/mol. The van der Waals surface area contributed by atoms with Gasteiger partial charge in [0.1, 0.15) is 42.1 Å². The average Bonchev–Trinajstić information content (AvgIpc) is 1.31. The summed E-state index contributed by atoms with van der Waals surface area (Å²) in [5, 5.41) is 17.7. The SMILES string of the molecule is COc1ccc(CC[C@H]2OC(=O)[C@@H]3CCCCN3C(=O)C(=O)C(C)(C)CCC(=O)/C=C/CCN(C)C(=O)[C@H](CC(C)C)N(C)C(=O)[C@H]3CCCN3C(=O)[C@H](Cc3ccc(OCC(=O)O)cc3)NC(=O)[C@H](c3ccccc3)NC(=O)CCC(=O)Nc3cccc2c3)cc1OC. The number of benzene rings is 4. The molecule has 3 aliphatic heterocycles. The molecule has 6 atom stereocenters. The molecule has 4 N–H and O–H groups in total. The number of likely N-dealkylation sites (N-methyl/N-ethyl adjacent to an activating group) is 2. The number of ketones is 2. The Labute approximate surface area is 549 Å². The molecule has 0 saturated carbocycles. The number of allylic oxidation sites excluding steroid dienone is 1. The minimum atomic E-state index is -1.39. The second-order valence-corrected chi connectivity index (χ2v) is 25.3. The van der Waals surface area contributed by atoms with Gasteiger partial charge in [-0.1, -0.05) is 94.4 Å². The quantitative estimate of drug-likeness (QED) is 0.0754. The van der Waals surface area contributed by atoms with Gasteiger partial charge in [-0.15, -0.1) is 0 Å². The normalized spacial score (nSPS) is 22.7. The van der Waals surface area contributed by atoms with E-state index in [2.05, 4.69) is 16.0 Å². The number of ether oxygens (including phenoxy) is 4. The number of rotatable bonds is 13. The molecule has 0 radical (unpaired) electrons. The number of aliphatic carboxylic acids is 1. The van der Waals surface area contributed by atoms with Crippen LogP contribution < -0.4 is 30.2 Å². The number of carboxylic acids is 1. The van der Waals surface area contributed by atoms with E-state index < -0.39 is 101 Å². The van der Waals surface area contributed by atoms with E-state index in [1.165, 1.54) is 59.1 Å². The molecule has 2 bridgehead atoms. The highest BCUT2D eigenvalue weighted by Gasteiger charge is 2.44. The fraction of sp³-hybridized carbons (Fsp3) is 0.479. The zero-order valence-corrected chi connectivity index (χ0v) is 55.0. The Morgan fingerprint density at radius 2 is 1.38 bits per heavy atom. The summed E-state index contributed by atoms with van der Waals surface area (Å²) >= 11 is 0. The molecular formula is C71H89N7O16. The van der Waals surface area contributed by atoms with Gasteiger partial charge in [0.15, 0.2) is 23.9 Å². The predicted octanol–water partition coefficient (Wildman–Crippen LogP) is 7.30. The maximum Gasteiger partial charge on any atom is 0.341 e. The number of nitrogens with one attached hydrogen (secondary N) is 3. The van der Waals surface area contributed by atoms with E-state index in [1.807, 2.05) is 26.0 Å². The number of cyclic esters (lactones) is 1. The minimum Gasteiger partial charge on any atom is -0.493 e. The number of carboxylic acid groups (broad SMARTS) is 1. The summed E-state index contributed by atoms with van der Waals surface area (Å²) in [6.45, 7) is 6.85. The lowest BCUT2D eigenvalue weighted by molar-refractivity contribution is -0.164. The Bertz CT molecular complexity index is 3410. The first kappa shape index (κ1) is 72.0. The number of methoxy groups -OCH3 is 2. The van der Waals surface area contributed by atoms with Gasteiger partial charge in [0.25, 0.3) is 5.91 Å². The lowest BCUT2D eigenvalue weighted by atomic mass is 9.81. The molecule has 4 aromatic rings. The number of hydrogen-bond donors (Lipinski definition) is 4. The Morgan fingerprint density at radius 1 is 0.702 bits per heavy atom. The van der Waals surface area contributed by atoms with Gasteiger partial charge in [-0.25, -0.2) is 9.59 Å². The van der Waals surface area contributed by atoms with Crippen molar-refractivity contribution < 1.29 is 76.8 Å². The number of amides is 7. The van der Waals surface area contributed by atoms with Gasteiger partial charge >= 0.3 is 11.9 Å². The van der Waals surface area contributed by atoms with Crippen LogP contribution in [0.3, 0.4) is 0 Å². The van der Waals surface area contributed by atoms with Crippen LogP contribution in [0.5, 0.6) is 17.2 Å². The van der Waals surface area contributed by atoms with Gasteiger partial charge in [-0.3, -0.25) is 43.2 Å². The Balaban J connectivity index is 1.20. The molecule has 2 fully saturated rings. The number of anilines is 1. The molecular weight excluding hydrogens is 1210 g/mol. The molecule has 0 aliphatic carbocycles. The molecule has 3 aliphatic rings. The molecule has 4 aromatic carbocycles. The highest BCUT2D eigenvalue weighted by atomic mass is 16.5. The molecule has 3 heterocycles. The van der Waals surface area contributed by atoms with E-state index in [1.54, 1.807) is 99.8 Å². The third kappa shape index (κ3) is 19.8. The number of carbonyl (C=O) groups excluding carboxylic acids is 10. The molecule has 7 rings (SSSR count). The zero-order valence-electron chi connectivity index (χ0n) is 55.0. The monoisotopic (exact) mass is 1300 g/mol. The summed E-state index contributed by atoms with van der Waals surface area (Å²) < 4.78 is 22.7. The van der Waals surface area contributed by atoms with E-state index in [-0.39, 0.29) is 107 Å². The summed E-state index contributed by atoms with van der Waals surface area (Å²) in [6, 6.07) is 20.8. The van der Waals surface area contributed by atoms with Crippen molar-refractivity contribution in [2.45, 2.75) is 154 Å². The summed E-state index contributed by atoms with van der Waals surface area (Å²) in [4.78, 5) is 160. The molecule has 23 nitrogen and oxygen atoms in total. The highest BCUT2D eigenvalue weighted by Crippen LogP contribution is 2.34. The largest absolute Gasteiger partial charge is 0.493 e. The summed E-state index contributed by atoms with van der Waals surface area (Å²) in [5.74, 6) is -6.17. The Kier molecular flexibility index (Phi) is 26.0. The van der Waals surface area contributed by atoms with E-state index in [0.29, 0.717) is 59.6 Å². The fourth-order valence-electron chi connectivity index (χ4n) is 11.9. The van der Waals surface area contributed by atoms with Crippen molar-refractivity contribution in [3.8, 4) is 17.2 Å². The van der Waals surface area contributed by atoms with Crippen molar-refractivity contribution in [3.05, 3.63) is 131 Å². The molecule has 2 saturated heterocycles. The maximum atomic E-state index is 15.2. The standard InChI is InChI=1S/C71H89N7O16/c1-45(2)40-56-67(87)75(5)37-14-12-22-51(79)35-36-71(3,4)64(84)69(89)78-38-15-13-23-55(78)70(90)94-57(31-27-47-28-32-58(91-7)59(42-47)92-8)49-20-16-21-50(43-49)72-60(80)33-34-61(81)74-63(48-18-10-9-11-19-48)65(85)73-53(41-46-25-29-52(30-26-46)93-44-62(82)83)66(86)77-39-17-24-54(77)68(88)76(56)6/h9-12,16,18-22,25-26,28-30,32,42-43,45,53-57,63H,13-15,17,23-24,27,31,33-41,44H2,1-8H3,(H,72,80)(H,73,85)(H,74,81)(H,82,83)/b22-12+/t53-,54+,55-,56-,57+,63-/m0/s1. The molecule has 94 heavy (non-hydrogen) atoms. The van der Waals surface area contributed by atoms with E-state index in [4.69, 9.17) is 18.9 Å². The second-order valence-electron chi connectivity index (χ2n) is 25.3. The van der Waals surface area contributed by atoms with Crippen molar-refractivity contribution in [1.29, 1.82) is 0 Å². The van der Waals surface area contributed by atoms with Crippen LogP contribution in [0.2, 0.25) is 0 Å². The lowest BCUT2D eigenvalue weighted by Gasteiger charge is -2.36. The first-order valence-corrected chi connectivity index (χ1v) is 32.1. The first-order chi connectivity index (χ1) is 44.9. The van der Waals surface area contributed by atoms with Gasteiger partial charge in [0, 0.05) is 70.5 Å². The number of Topliss-reactive ketones (excluding diaryl/α,β-unsaturated/α-hetero) is 1. The molecule has 0 spiro atoms. The van der Waals surface area contributed by atoms with Gasteiger partial charge < -0.3 is 59.6 Å². The number of hydrogen-bond acceptors (Lipinski definition) is 15. The first-order valence-electron chi connectivity index (χ1n) is 32.1. The molecule has 0 aromatic heterocycles. The van der Waals surface area contributed by atoms with Crippen molar-refractivity contribution in [1.82, 2.24) is 30.2 Å². The topological polar surface area (TPSA) is 294 Å². The number of nitrogens with zero attached hydrogens (tertiary/aromatic N) is 4. The van der Waals surface area contributed by atoms with Crippen molar-refractivity contribution in [2.24, 2.45) is 11.3 Å². The predicted molar refractivity (Wildman–Crippen MR) is 348 cm³/mol. The van der Waals surface area contributed by atoms with Crippen LogP contribution >= 0.6 is 0 Å². The molecule has 23 heteroatoms. The van der Waals surface area contributed by atoms with Crippen molar-refractivity contribution in [3.63, 3.8) is 0 Å². The summed E-state index contributed by atoms with van der Waals surface area (Å²) in [5.41, 5.74) is 1.19. The highest BCUT2D eigenvalue weighted by molar-refractivity contribution is 6.38. The minimum absolute atomic E-state index is 0.0207. The number of piperidine rings is 1. The summed E-state index contributed by atoms with van der Waals surface area (Å²) in [7, 11) is 6.17. The number of carbonyl (C=O) groups is 11. The van der Waals surface area contributed by atoms with Crippen LogP contribution in [0.25, 0.3) is 0 Å². The third-order valence-corrected chi connectivity index (χ3v) is 17.3.